The van der Waals surface area contributed by atoms with Gasteiger partial charge >= 0.3 is 11.7 Å². The Hall–Kier alpha value is -2.29. The highest BCUT2D eigenvalue weighted by Crippen LogP contribution is 2.23. The van der Waals surface area contributed by atoms with Crippen LogP contribution in [-0.4, -0.2) is 44.7 Å². The molecule has 1 unspecified atom stereocenters. The highest BCUT2D eigenvalue weighted by Gasteiger charge is 2.43. The third-order valence-electron chi connectivity index (χ3n) is 2.63. The van der Waals surface area contributed by atoms with Crippen molar-refractivity contribution in [1.82, 2.24) is 9.97 Å². The first-order valence-corrected chi connectivity index (χ1v) is 5.09. The van der Waals surface area contributed by atoms with E-state index >= 15 is 0 Å². The summed E-state index contributed by atoms with van der Waals surface area (Å²) in [5.74, 6) is -1.05. The monoisotopic (exact) mass is 254 g/mol. The molecule has 0 spiro atoms. The van der Waals surface area contributed by atoms with Gasteiger partial charge in [0.15, 0.2) is 5.54 Å². The molecule has 0 aliphatic carbocycles. The Bertz CT molecular complexity index is 468. The lowest BCUT2D eigenvalue weighted by molar-refractivity contribution is -0.385. The van der Waals surface area contributed by atoms with Crippen LogP contribution in [0.1, 0.15) is 6.42 Å². The molecule has 1 fully saturated rings. The maximum atomic E-state index is 11.2. The van der Waals surface area contributed by atoms with Crippen molar-refractivity contribution in [1.29, 1.82) is 0 Å². The van der Waals surface area contributed by atoms with Crippen LogP contribution in [0.15, 0.2) is 12.4 Å². The van der Waals surface area contributed by atoms with Gasteiger partial charge in [-0.15, -0.1) is 0 Å². The zero-order chi connectivity index (χ0) is 13.2. The van der Waals surface area contributed by atoms with Crippen LogP contribution in [-0.2, 0) is 9.53 Å². The minimum absolute atomic E-state index is 0.00266. The molecular weight excluding hydrogens is 244 g/mol. The van der Waals surface area contributed by atoms with Crippen LogP contribution < -0.4 is 5.32 Å². The van der Waals surface area contributed by atoms with Crippen LogP contribution >= 0.6 is 0 Å². The van der Waals surface area contributed by atoms with Crippen LogP contribution in [0.25, 0.3) is 0 Å². The van der Waals surface area contributed by atoms with Gasteiger partial charge in [0.1, 0.15) is 12.4 Å². The highest BCUT2D eigenvalue weighted by molar-refractivity contribution is 5.82. The number of nitrogens with zero attached hydrogens (tertiary/aromatic N) is 3. The van der Waals surface area contributed by atoms with Gasteiger partial charge in [0, 0.05) is 13.0 Å². The summed E-state index contributed by atoms with van der Waals surface area (Å²) >= 11 is 0. The number of nitrogens with one attached hydrogen (secondary N) is 1. The van der Waals surface area contributed by atoms with Gasteiger partial charge in [-0.25, -0.2) is 14.8 Å². The summed E-state index contributed by atoms with van der Waals surface area (Å²) < 4.78 is 5.05. The number of carbonyl (C=O) groups is 1. The van der Waals surface area contributed by atoms with E-state index in [0.29, 0.717) is 6.61 Å². The van der Waals surface area contributed by atoms with Crippen LogP contribution in [0.3, 0.4) is 0 Å². The minimum atomic E-state index is -1.27. The fraction of sp³-hybridized carbons (Fsp3) is 0.444. The van der Waals surface area contributed by atoms with Crippen molar-refractivity contribution in [3.05, 3.63) is 22.5 Å². The Balaban J connectivity index is 2.17. The maximum Gasteiger partial charge on any atom is 0.331 e. The predicted molar refractivity (Wildman–Crippen MR) is 58.1 cm³/mol. The van der Waals surface area contributed by atoms with E-state index in [4.69, 9.17) is 9.84 Å². The summed E-state index contributed by atoms with van der Waals surface area (Å²) in [6.45, 7) is 0.328. The van der Waals surface area contributed by atoms with E-state index < -0.39 is 16.4 Å². The van der Waals surface area contributed by atoms with Crippen LogP contribution in [0.4, 0.5) is 11.6 Å². The summed E-state index contributed by atoms with van der Waals surface area (Å²) in [5, 5.41) is 22.2. The molecule has 9 heteroatoms. The zero-order valence-corrected chi connectivity index (χ0v) is 9.20. The molecule has 2 heterocycles. The summed E-state index contributed by atoms with van der Waals surface area (Å²) in [5.41, 5.74) is -1.52. The lowest BCUT2D eigenvalue weighted by Crippen LogP contribution is -2.47. The third kappa shape index (κ3) is 2.20. The number of rotatable bonds is 4. The first-order chi connectivity index (χ1) is 8.53. The van der Waals surface area contributed by atoms with Gasteiger partial charge in [0.25, 0.3) is 0 Å². The molecule has 1 aliphatic rings. The minimum Gasteiger partial charge on any atom is -0.479 e. The molecule has 0 amide bonds. The second-order valence-corrected chi connectivity index (χ2v) is 3.84. The summed E-state index contributed by atoms with van der Waals surface area (Å²) in [7, 11) is 0. The van der Waals surface area contributed by atoms with E-state index in [1.807, 2.05) is 0 Å². The predicted octanol–water partition coefficient (Wildman–Crippen LogP) is 0.0404. The first-order valence-electron chi connectivity index (χ1n) is 5.09. The Labute approximate surface area is 101 Å². The largest absolute Gasteiger partial charge is 0.479 e. The fourth-order valence-corrected chi connectivity index (χ4v) is 1.58. The molecule has 2 N–H and O–H groups in total. The van der Waals surface area contributed by atoms with Gasteiger partial charge in [-0.05, 0) is 0 Å². The van der Waals surface area contributed by atoms with Crippen LogP contribution in [0, 0.1) is 10.1 Å². The molecule has 1 aromatic heterocycles. The number of hydrogen-bond acceptors (Lipinski definition) is 7. The molecular formula is C9H10N4O5. The molecule has 1 atom stereocenters. The maximum absolute atomic E-state index is 11.2. The van der Waals surface area contributed by atoms with Crippen molar-refractivity contribution < 1.29 is 19.6 Å². The topological polar surface area (TPSA) is 127 Å². The normalized spacial score (nSPS) is 22.7. The van der Waals surface area contributed by atoms with Crippen molar-refractivity contribution in [3.63, 3.8) is 0 Å². The molecule has 0 saturated carbocycles. The average molecular weight is 254 g/mol. The van der Waals surface area contributed by atoms with E-state index in [2.05, 4.69) is 15.3 Å². The zero-order valence-electron chi connectivity index (χ0n) is 9.20. The number of ether oxygens (including phenoxy) is 1. The van der Waals surface area contributed by atoms with Gasteiger partial charge in [0.2, 0.25) is 5.95 Å². The SMILES string of the molecule is O=C(O)C1(Nc2ncc([N+](=O)[O-])cn2)CCOC1. The molecule has 0 aromatic carbocycles. The molecule has 1 saturated heterocycles. The molecule has 96 valence electrons. The van der Waals surface area contributed by atoms with E-state index in [0.717, 1.165) is 12.4 Å². The van der Waals surface area contributed by atoms with E-state index in [-0.39, 0.29) is 24.7 Å². The standard InChI is InChI=1S/C9H10N4O5/c14-7(15)9(1-2-18-5-9)12-8-10-3-6(4-11-8)13(16)17/h3-4H,1-2,5H2,(H,14,15)(H,10,11,12). The molecule has 0 bridgehead atoms. The van der Waals surface area contributed by atoms with Gasteiger partial charge in [0.05, 0.1) is 11.5 Å². The van der Waals surface area contributed by atoms with Gasteiger partial charge < -0.3 is 15.2 Å². The van der Waals surface area contributed by atoms with Gasteiger partial charge in [-0.2, -0.15) is 0 Å². The molecule has 1 aliphatic heterocycles. The average Bonchev–Trinajstić information content (AvgIpc) is 2.79. The van der Waals surface area contributed by atoms with E-state index in [1.165, 1.54) is 0 Å². The van der Waals surface area contributed by atoms with Gasteiger partial charge in [-0.3, -0.25) is 10.1 Å². The Morgan fingerprint density at radius 1 is 1.56 bits per heavy atom. The number of aromatic nitrogens is 2. The smallest absolute Gasteiger partial charge is 0.331 e. The fourth-order valence-electron chi connectivity index (χ4n) is 1.58. The molecule has 0 radical (unpaired) electrons. The molecule has 2 rings (SSSR count). The summed E-state index contributed by atoms with van der Waals surface area (Å²) in [4.78, 5) is 28.4. The summed E-state index contributed by atoms with van der Waals surface area (Å²) in [6.07, 6.45) is 2.31. The van der Waals surface area contributed by atoms with Crippen LogP contribution in [0.2, 0.25) is 0 Å². The number of hydrogen-bond donors (Lipinski definition) is 2. The van der Waals surface area contributed by atoms with Crippen molar-refractivity contribution in [2.45, 2.75) is 12.0 Å². The van der Waals surface area contributed by atoms with Crippen LogP contribution in [0.5, 0.6) is 0 Å². The second kappa shape index (κ2) is 4.53. The van der Waals surface area contributed by atoms with E-state index in [9.17, 15) is 14.9 Å². The number of anilines is 1. The van der Waals surface area contributed by atoms with E-state index in [1.54, 1.807) is 0 Å². The number of aliphatic carboxylic acids is 1. The molecule has 18 heavy (non-hydrogen) atoms. The lowest BCUT2D eigenvalue weighted by Gasteiger charge is -2.23. The lowest BCUT2D eigenvalue weighted by atomic mass is 9.99. The van der Waals surface area contributed by atoms with Gasteiger partial charge in [-0.1, -0.05) is 0 Å². The number of nitro groups is 1. The van der Waals surface area contributed by atoms with Crippen molar-refractivity contribution in [2.75, 3.05) is 18.5 Å². The first kappa shape index (κ1) is 12.2. The molecule has 1 aromatic rings. The number of carboxylic acids is 1. The second-order valence-electron chi connectivity index (χ2n) is 3.84. The quantitative estimate of drug-likeness (QED) is 0.569. The number of carboxylic acid groups (broad SMARTS) is 1. The Morgan fingerprint density at radius 2 is 2.22 bits per heavy atom. The third-order valence-corrected chi connectivity index (χ3v) is 2.63. The Kier molecular flexibility index (Phi) is 3.06. The summed E-state index contributed by atoms with van der Waals surface area (Å²) in [6, 6.07) is 0. The van der Waals surface area contributed by atoms with Crippen molar-refractivity contribution in [3.8, 4) is 0 Å². The highest BCUT2D eigenvalue weighted by atomic mass is 16.6. The van der Waals surface area contributed by atoms with Crippen molar-refractivity contribution in [2.24, 2.45) is 0 Å². The molecule has 9 nitrogen and oxygen atoms in total. The van der Waals surface area contributed by atoms with Crippen molar-refractivity contribution >= 4 is 17.6 Å². The Morgan fingerprint density at radius 3 is 2.67 bits per heavy atom.